The van der Waals surface area contributed by atoms with Gasteiger partial charge in [-0.25, -0.2) is 0 Å². The topological polar surface area (TPSA) is 65.0 Å². The lowest BCUT2D eigenvalue weighted by molar-refractivity contribution is -0.104. The first-order valence-corrected chi connectivity index (χ1v) is 4.60. The molecule has 0 aromatic heterocycles. The number of ether oxygens (including phenoxy) is 2. The largest absolute Gasteiger partial charge is 0.764 e. The summed E-state index contributed by atoms with van der Waals surface area (Å²) in [5, 5.41) is 0. The molecule has 1 aliphatic rings. The fourth-order valence-electron chi connectivity index (χ4n) is 0.797. The van der Waals surface area contributed by atoms with Crippen LogP contribution in [0.2, 0.25) is 0 Å². The van der Waals surface area contributed by atoms with Gasteiger partial charge in [0.05, 0.1) is 19.8 Å². The van der Waals surface area contributed by atoms with Gasteiger partial charge < -0.3 is 18.7 Å². The first kappa shape index (κ1) is 8.63. The van der Waals surface area contributed by atoms with E-state index in [1.165, 1.54) is 0 Å². The first-order valence-electron chi connectivity index (χ1n) is 3.34. The molecule has 1 fully saturated rings. The molecule has 1 rings (SSSR count). The van der Waals surface area contributed by atoms with Crippen LogP contribution < -0.4 is 0 Å². The van der Waals surface area contributed by atoms with Gasteiger partial charge in [-0.1, -0.05) is 0 Å². The van der Waals surface area contributed by atoms with Crippen molar-refractivity contribution in [3.8, 4) is 0 Å². The lowest BCUT2D eigenvalue weighted by atomic mass is 10.4. The molecule has 1 unspecified atom stereocenters. The highest BCUT2D eigenvalue weighted by molar-refractivity contribution is 6.24. The van der Waals surface area contributed by atoms with Gasteiger partial charge in [0.1, 0.15) is 12.7 Å². The van der Waals surface area contributed by atoms with E-state index in [4.69, 9.17) is 14.3 Å². The van der Waals surface area contributed by atoms with Gasteiger partial charge >= 0.3 is 9.17 Å². The molecule has 1 heterocycles. The third kappa shape index (κ3) is 3.45. The van der Waals surface area contributed by atoms with Crippen molar-refractivity contribution in [2.24, 2.45) is 0 Å². The molecular weight excluding hydrogens is 168 g/mol. The van der Waals surface area contributed by atoms with Crippen molar-refractivity contribution in [2.45, 2.75) is 6.10 Å². The summed E-state index contributed by atoms with van der Waals surface area (Å²) in [6, 6.07) is 0. The monoisotopic (exact) mass is 178 g/mol. The minimum atomic E-state index is -2.82. The molecule has 1 N–H and O–H groups in total. The Hall–Kier alpha value is -0.463. The minimum Gasteiger partial charge on any atom is -0.511 e. The Morgan fingerprint density at radius 3 is 3.00 bits per heavy atom. The summed E-state index contributed by atoms with van der Waals surface area (Å²) in [6.45, 7) is 1.69. The van der Waals surface area contributed by atoms with E-state index in [1.54, 1.807) is 0 Å². The summed E-state index contributed by atoms with van der Waals surface area (Å²) in [6.07, 6.45) is -0.190. The molecule has 0 amide bonds. The molecule has 0 aliphatic carbocycles. The second-order valence-corrected chi connectivity index (χ2v) is 2.97. The highest BCUT2D eigenvalue weighted by Crippen LogP contribution is 2.00. The van der Waals surface area contributed by atoms with Crippen molar-refractivity contribution in [3.63, 3.8) is 0 Å². The lowest BCUT2D eigenvalue weighted by Crippen LogP contribution is -2.33. The quantitative estimate of drug-likeness (QED) is 0.551. The Kier molecular flexibility index (Phi) is 3.47. The fraction of sp³-hybridized carbons (Fsp3) is 1.00. The van der Waals surface area contributed by atoms with E-state index in [-0.39, 0.29) is 12.7 Å². The molecule has 1 atom stereocenters. The molecule has 0 saturated carbocycles. The number of hydrogen-bond donors (Lipinski definition) is 1. The predicted octanol–water partition coefficient (Wildman–Crippen LogP) is -1.17. The zero-order valence-corrected chi connectivity index (χ0v) is 6.99. The van der Waals surface area contributed by atoms with Gasteiger partial charge in [0.15, 0.2) is 0 Å². The molecule has 0 aromatic rings. The summed E-state index contributed by atoms with van der Waals surface area (Å²) >= 11 is 0. The van der Waals surface area contributed by atoms with Crippen LogP contribution in [0.5, 0.6) is 0 Å². The van der Waals surface area contributed by atoms with Gasteiger partial charge in [-0.15, -0.1) is 0 Å². The SMILES string of the molecule is O=[Si](O)OCC1COCCO1. The molecule has 0 aromatic carbocycles. The number of hydrogen-bond acceptors (Lipinski definition) is 4. The molecule has 6 heteroatoms. The van der Waals surface area contributed by atoms with E-state index >= 15 is 0 Å². The second-order valence-electron chi connectivity index (χ2n) is 2.14. The van der Waals surface area contributed by atoms with Gasteiger partial charge in [-0.2, -0.15) is 0 Å². The summed E-state index contributed by atoms with van der Waals surface area (Å²) in [7, 11) is -2.82. The molecule has 0 bridgehead atoms. The Bertz CT molecular complexity index is 133. The lowest BCUT2D eigenvalue weighted by Gasteiger charge is -2.21. The van der Waals surface area contributed by atoms with Crippen LogP contribution in [-0.2, 0) is 18.4 Å². The normalized spacial score (nSPS) is 24.5. The maximum Gasteiger partial charge on any atom is 0.764 e. The Balaban J connectivity index is 2.09. The van der Waals surface area contributed by atoms with E-state index in [0.29, 0.717) is 19.8 Å². The summed E-state index contributed by atoms with van der Waals surface area (Å²) in [4.78, 5) is 8.31. The van der Waals surface area contributed by atoms with Crippen molar-refractivity contribution < 1.29 is 23.2 Å². The Morgan fingerprint density at radius 1 is 1.64 bits per heavy atom. The van der Waals surface area contributed by atoms with Gasteiger partial charge in [-0.05, 0) is 0 Å². The molecule has 11 heavy (non-hydrogen) atoms. The molecule has 64 valence electrons. The van der Waals surface area contributed by atoms with Crippen LogP contribution in [0.4, 0.5) is 0 Å². The average Bonchev–Trinajstić information content (AvgIpc) is 2.03. The van der Waals surface area contributed by atoms with Crippen LogP contribution >= 0.6 is 0 Å². The zero-order chi connectivity index (χ0) is 8.10. The maximum atomic E-state index is 10.1. The standard InChI is InChI=1S/C5H10O5Si/c6-11(7)10-4-5-3-8-1-2-9-5/h5-6H,1-4H2. The van der Waals surface area contributed by atoms with E-state index in [2.05, 4.69) is 4.43 Å². The number of rotatable bonds is 3. The van der Waals surface area contributed by atoms with E-state index < -0.39 is 9.17 Å². The van der Waals surface area contributed by atoms with Crippen LogP contribution in [0.15, 0.2) is 0 Å². The third-order valence-corrected chi connectivity index (χ3v) is 1.69. The van der Waals surface area contributed by atoms with Crippen molar-refractivity contribution in [1.82, 2.24) is 0 Å². The molecule has 0 radical (unpaired) electrons. The predicted molar refractivity (Wildman–Crippen MR) is 35.2 cm³/mol. The van der Waals surface area contributed by atoms with Crippen LogP contribution in [0.3, 0.4) is 0 Å². The average molecular weight is 178 g/mol. The van der Waals surface area contributed by atoms with Crippen molar-refractivity contribution in [2.75, 3.05) is 26.4 Å². The van der Waals surface area contributed by atoms with Gasteiger partial charge in [0, 0.05) is 0 Å². The van der Waals surface area contributed by atoms with E-state index in [1.807, 2.05) is 0 Å². The summed E-state index contributed by atoms with van der Waals surface area (Å²) in [5.41, 5.74) is 0. The smallest absolute Gasteiger partial charge is 0.511 e. The van der Waals surface area contributed by atoms with Crippen LogP contribution in [0, 0.1) is 0 Å². The third-order valence-electron chi connectivity index (χ3n) is 1.28. The molecule has 0 spiro atoms. The summed E-state index contributed by atoms with van der Waals surface area (Å²) in [5.74, 6) is 0. The van der Waals surface area contributed by atoms with Crippen LogP contribution in [0.25, 0.3) is 0 Å². The highest BCUT2D eigenvalue weighted by atomic mass is 28.3. The second kappa shape index (κ2) is 4.42. The zero-order valence-electron chi connectivity index (χ0n) is 5.99. The van der Waals surface area contributed by atoms with Gasteiger partial charge in [0.25, 0.3) is 0 Å². The van der Waals surface area contributed by atoms with Crippen molar-refractivity contribution in [3.05, 3.63) is 0 Å². The van der Waals surface area contributed by atoms with E-state index in [9.17, 15) is 4.46 Å². The van der Waals surface area contributed by atoms with Gasteiger partial charge in [0.2, 0.25) is 0 Å². The highest BCUT2D eigenvalue weighted by Gasteiger charge is 2.16. The van der Waals surface area contributed by atoms with Crippen molar-refractivity contribution >= 4 is 9.17 Å². The van der Waals surface area contributed by atoms with Crippen LogP contribution in [-0.4, -0.2) is 46.5 Å². The van der Waals surface area contributed by atoms with Crippen molar-refractivity contribution in [1.29, 1.82) is 0 Å². The molecular formula is C5H10O5Si. The van der Waals surface area contributed by atoms with Crippen LogP contribution in [0.1, 0.15) is 0 Å². The summed E-state index contributed by atoms with van der Waals surface area (Å²) < 4.78 is 24.8. The Labute approximate surface area is 65.8 Å². The Morgan fingerprint density at radius 2 is 2.45 bits per heavy atom. The molecule has 5 nitrogen and oxygen atoms in total. The maximum absolute atomic E-state index is 10.1. The fourth-order valence-corrected chi connectivity index (χ4v) is 1.13. The minimum absolute atomic E-state index is 0.133. The molecule has 1 aliphatic heterocycles. The van der Waals surface area contributed by atoms with E-state index in [0.717, 1.165) is 0 Å². The van der Waals surface area contributed by atoms with Gasteiger partial charge in [-0.3, -0.25) is 4.46 Å². The molecule has 1 saturated heterocycles. The first-order chi connectivity index (χ1) is 5.29.